The minimum Gasteiger partial charge on any atom is -0.444 e. The van der Waals surface area contributed by atoms with Crippen LogP contribution in [-0.4, -0.2) is 37.3 Å². The summed E-state index contributed by atoms with van der Waals surface area (Å²) in [6.07, 6.45) is 6.13. The molecule has 1 amide bonds. The number of carbonyl (C=O) groups is 1. The highest BCUT2D eigenvalue weighted by Crippen LogP contribution is 2.24. The van der Waals surface area contributed by atoms with Gasteiger partial charge in [0, 0.05) is 13.1 Å². The maximum atomic E-state index is 12.8. The molecule has 1 aliphatic heterocycles. The number of aryl methyl sites for hydroxylation is 3. The molecule has 0 unspecified atom stereocenters. The second-order valence-corrected chi connectivity index (χ2v) is 10.2. The van der Waals surface area contributed by atoms with Crippen molar-refractivity contribution in [3.05, 3.63) is 46.7 Å². The van der Waals surface area contributed by atoms with Gasteiger partial charge < -0.3 is 9.32 Å². The molecule has 8 heteroatoms. The van der Waals surface area contributed by atoms with Crippen LogP contribution in [0, 0.1) is 12.8 Å². The number of aromatic nitrogens is 1. The second kappa shape index (κ2) is 8.51. The molecule has 1 N–H and O–H groups in total. The Balaban J connectivity index is 1.44. The maximum Gasteiger partial charge on any atom is 0.276 e. The van der Waals surface area contributed by atoms with Crippen LogP contribution in [0.15, 0.2) is 27.5 Å². The van der Waals surface area contributed by atoms with E-state index in [1.54, 1.807) is 24.0 Å². The highest BCUT2D eigenvalue weighted by atomic mass is 32.2. The van der Waals surface area contributed by atoms with Crippen molar-refractivity contribution in [2.45, 2.75) is 63.8 Å². The molecule has 162 valence electrons. The molecule has 1 saturated heterocycles. The molecule has 1 aromatic heterocycles. The zero-order valence-electron chi connectivity index (χ0n) is 17.6. The van der Waals surface area contributed by atoms with Crippen LogP contribution in [0.2, 0.25) is 0 Å². The Morgan fingerprint density at radius 3 is 2.63 bits per heavy atom. The lowest BCUT2D eigenvalue weighted by atomic mass is 9.92. The van der Waals surface area contributed by atoms with Crippen LogP contribution < -0.4 is 4.72 Å². The predicted octanol–water partition coefficient (Wildman–Crippen LogP) is 3.21. The summed E-state index contributed by atoms with van der Waals surface area (Å²) in [5, 5.41) is 0. The number of oxazole rings is 1. The lowest BCUT2D eigenvalue weighted by molar-refractivity contribution is 0.0690. The molecule has 0 bridgehead atoms. The topological polar surface area (TPSA) is 92.5 Å². The Kier molecular flexibility index (Phi) is 5.97. The molecule has 0 saturated carbocycles. The first kappa shape index (κ1) is 21.1. The van der Waals surface area contributed by atoms with Crippen molar-refractivity contribution in [1.82, 2.24) is 14.6 Å². The summed E-state index contributed by atoms with van der Waals surface area (Å²) < 4.78 is 33.6. The van der Waals surface area contributed by atoms with Crippen LogP contribution in [0.5, 0.6) is 0 Å². The number of nitrogens with one attached hydrogen (secondary N) is 1. The van der Waals surface area contributed by atoms with Gasteiger partial charge in [-0.2, -0.15) is 0 Å². The van der Waals surface area contributed by atoms with E-state index in [1.165, 1.54) is 5.56 Å². The van der Waals surface area contributed by atoms with Gasteiger partial charge >= 0.3 is 0 Å². The fourth-order valence-electron chi connectivity index (χ4n) is 4.20. The average Bonchev–Trinajstić information content (AvgIpc) is 3.12. The molecular formula is C22H29N3O4S. The van der Waals surface area contributed by atoms with Crippen LogP contribution in [-0.2, 0) is 29.4 Å². The summed E-state index contributed by atoms with van der Waals surface area (Å²) in [6.45, 7) is 5.22. The Morgan fingerprint density at radius 2 is 1.90 bits per heavy atom. The summed E-state index contributed by atoms with van der Waals surface area (Å²) in [4.78, 5) is 19.1. The van der Waals surface area contributed by atoms with Crippen molar-refractivity contribution >= 4 is 15.9 Å². The van der Waals surface area contributed by atoms with E-state index in [1.807, 2.05) is 6.07 Å². The minimum absolute atomic E-state index is 0.0927. The van der Waals surface area contributed by atoms with Gasteiger partial charge in [0.2, 0.25) is 15.9 Å². The van der Waals surface area contributed by atoms with Gasteiger partial charge in [0.15, 0.2) is 5.69 Å². The van der Waals surface area contributed by atoms with Crippen LogP contribution >= 0.6 is 0 Å². The second-order valence-electron chi connectivity index (χ2n) is 8.45. The SMILES string of the molecule is Cc1oc(CNS(=O)(=O)c2ccc3c(c2)CCCC3)nc1C(=O)N1CCC(C)CC1. The summed E-state index contributed by atoms with van der Waals surface area (Å²) in [5.74, 6) is 1.09. The zero-order valence-corrected chi connectivity index (χ0v) is 18.4. The van der Waals surface area contributed by atoms with Crippen LogP contribution in [0.4, 0.5) is 0 Å². The standard InChI is InChI=1S/C22H29N3O4S/c1-15-9-11-25(12-10-15)22(26)21-16(2)29-20(24-21)14-23-30(27,28)19-8-7-17-5-3-4-6-18(17)13-19/h7-8,13,15,23H,3-6,9-12,14H2,1-2H3. The summed E-state index contributed by atoms with van der Waals surface area (Å²) in [6, 6.07) is 5.33. The molecule has 0 radical (unpaired) electrons. The quantitative estimate of drug-likeness (QED) is 0.785. The number of carbonyl (C=O) groups excluding carboxylic acids is 1. The summed E-state index contributed by atoms with van der Waals surface area (Å²) in [7, 11) is -3.69. The number of benzene rings is 1. The number of hydrogen-bond donors (Lipinski definition) is 1. The van der Waals surface area contributed by atoms with E-state index in [9.17, 15) is 13.2 Å². The average molecular weight is 432 g/mol. The maximum absolute atomic E-state index is 12.8. The van der Waals surface area contributed by atoms with Crippen molar-refractivity contribution in [2.24, 2.45) is 5.92 Å². The number of sulfonamides is 1. The molecule has 2 aliphatic rings. The van der Waals surface area contributed by atoms with Gasteiger partial charge in [0.25, 0.3) is 5.91 Å². The van der Waals surface area contributed by atoms with E-state index in [-0.39, 0.29) is 28.9 Å². The lowest BCUT2D eigenvalue weighted by Crippen LogP contribution is -2.38. The molecule has 0 atom stereocenters. The minimum atomic E-state index is -3.69. The fourth-order valence-corrected chi connectivity index (χ4v) is 5.23. The highest BCUT2D eigenvalue weighted by Gasteiger charge is 2.26. The molecule has 7 nitrogen and oxygen atoms in total. The first-order valence-corrected chi connectivity index (χ1v) is 12.2. The largest absolute Gasteiger partial charge is 0.444 e. The number of fused-ring (bicyclic) bond motifs is 1. The molecular weight excluding hydrogens is 402 g/mol. The molecule has 2 aromatic rings. The number of likely N-dealkylation sites (tertiary alicyclic amines) is 1. The van der Waals surface area contributed by atoms with Crippen molar-refractivity contribution in [1.29, 1.82) is 0 Å². The van der Waals surface area contributed by atoms with Crippen molar-refractivity contribution in [3.63, 3.8) is 0 Å². The van der Waals surface area contributed by atoms with Crippen LogP contribution in [0.3, 0.4) is 0 Å². The van der Waals surface area contributed by atoms with Gasteiger partial charge in [0.05, 0.1) is 11.4 Å². The van der Waals surface area contributed by atoms with E-state index < -0.39 is 10.0 Å². The third-order valence-corrected chi connectivity index (χ3v) is 7.56. The van der Waals surface area contributed by atoms with Crippen LogP contribution in [0.1, 0.15) is 65.9 Å². The lowest BCUT2D eigenvalue weighted by Gasteiger charge is -2.29. The number of nitrogens with zero attached hydrogens (tertiary/aromatic N) is 2. The predicted molar refractivity (Wildman–Crippen MR) is 113 cm³/mol. The fraction of sp³-hybridized carbons (Fsp3) is 0.545. The Bertz CT molecular complexity index is 1040. The Morgan fingerprint density at radius 1 is 1.20 bits per heavy atom. The van der Waals surface area contributed by atoms with Crippen molar-refractivity contribution < 1.29 is 17.6 Å². The summed E-state index contributed by atoms with van der Waals surface area (Å²) in [5.41, 5.74) is 2.62. The van der Waals surface area contributed by atoms with Crippen LogP contribution in [0.25, 0.3) is 0 Å². The van der Waals surface area contributed by atoms with Gasteiger partial charge in [0.1, 0.15) is 5.76 Å². The monoisotopic (exact) mass is 431 g/mol. The van der Waals surface area contributed by atoms with Gasteiger partial charge in [-0.25, -0.2) is 18.1 Å². The van der Waals surface area contributed by atoms with E-state index in [0.29, 0.717) is 24.8 Å². The molecule has 30 heavy (non-hydrogen) atoms. The van der Waals surface area contributed by atoms with Gasteiger partial charge in [-0.3, -0.25) is 4.79 Å². The van der Waals surface area contributed by atoms with E-state index >= 15 is 0 Å². The van der Waals surface area contributed by atoms with Gasteiger partial charge in [-0.05, 0) is 74.6 Å². The Labute approximate surface area is 177 Å². The first-order valence-electron chi connectivity index (χ1n) is 10.7. The Hall–Kier alpha value is -2.19. The van der Waals surface area contributed by atoms with Crippen molar-refractivity contribution in [3.8, 4) is 0 Å². The molecule has 0 spiro atoms. The van der Waals surface area contributed by atoms with E-state index in [0.717, 1.165) is 44.1 Å². The van der Waals surface area contributed by atoms with Gasteiger partial charge in [-0.1, -0.05) is 13.0 Å². The molecule has 1 aromatic carbocycles. The van der Waals surface area contributed by atoms with Gasteiger partial charge in [-0.15, -0.1) is 0 Å². The normalized spacial score (nSPS) is 17.7. The smallest absolute Gasteiger partial charge is 0.276 e. The van der Waals surface area contributed by atoms with E-state index in [2.05, 4.69) is 16.6 Å². The molecule has 1 aliphatic carbocycles. The molecule has 4 rings (SSSR count). The number of hydrogen-bond acceptors (Lipinski definition) is 5. The highest BCUT2D eigenvalue weighted by molar-refractivity contribution is 7.89. The molecule has 1 fully saturated rings. The number of rotatable bonds is 5. The molecule has 2 heterocycles. The van der Waals surface area contributed by atoms with Crippen molar-refractivity contribution in [2.75, 3.05) is 13.1 Å². The number of piperidine rings is 1. The third kappa shape index (κ3) is 4.44. The number of amides is 1. The third-order valence-electron chi connectivity index (χ3n) is 6.16. The summed E-state index contributed by atoms with van der Waals surface area (Å²) >= 11 is 0. The zero-order chi connectivity index (χ0) is 21.3. The van der Waals surface area contributed by atoms with E-state index in [4.69, 9.17) is 4.42 Å². The first-order chi connectivity index (χ1) is 14.3.